The minimum Gasteiger partial charge on any atom is -0.503 e. The lowest BCUT2D eigenvalue weighted by Gasteiger charge is -2.28. The molecule has 1 aliphatic heterocycles. The highest BCUT2D eigenvalue weighted by Crippen LogP contribution is 2.42. The monoisotopic (exact) mass is 392 g/mol. The zero-order valence-corrected chi connectivity index (χ0v) is 17.5. The summed E-state index contributed by atoms with van der Waals surface area (Å²) in [6.07, 6.45) is 4.82. The first kappa shape index (κ1) is 20.8. The standard InChI is InChI=1S/C24H28N2O3/c1-5-6-9-16-11-13-17(14-12-16)26-20(18-10-7-8-15-25-18)19(21(27)23(26)29)22(28)24(2,3)4/h7-8,10-15,20,27H,5-6,9H2,1-4H3. The number of hydrogen-bond acceptors (Lipinski definition) is 4. The molecular formula is C24H28N2O3. The largest absolute Gasteiger partial charge is 0.503 e. The molecule has 0 radical (unpaired) electrons. The van der Waals surface area contributed by atoms with E-state index in [0.29, 0.717) is 11.4 Å². The molecule has 5 nitrogen and oxygen atoms in total. The second-order valence-electron chi connectivity index (χ2n) is 8.44. The highest BCUT2D eigenvalue weighted by atomic mass is 16.3. The van der Waals surface area contributed by atoms with Gasteiger partial charge < -0.3 is 5.11 Å². The van der Waals surface area contributed by atoms with Crippen LogP contribution in [0.4, 0.5) is 5.69 Å². The van der Waals surface area contributed by atoms with Gasteiger partial charge in [-0.15, -0.1) is 0 Å². The summed E-state index contributed by atoms with van der Waals surface area (Å²) < 4.78 is 0. The van der Waals surface area contributed by atoms with Crippen molar-refractivity contribution in [2.45, 2.75) is 53.0 Å². The molecule has 0 fully saturated rings. The van der Waals surface area contributed by atoms with Gasteiger partial charge in [-0.2, -0.15) is 0 Å². The quantitative estimate of drug-likeness (QED) is 0.756. The van der Waals surface area contributed by atoms with Crippen LogP contribution >= 0.6 is 0 Å². The molecule has 0 saturated carbocycles. The third-order valence-corrected chi connectivity index (χ3v) is 5.14. The lowest BCUT2D eigenvalue weighted by molar-refractivity contribution is -0.123. The van der Waals surface area contributed by atoms with E-state index < -0.39 is 23.1 Å². The number of hydrogen-bond donors (Lipinski definition) is 1. The van der Waals surface area contributed by atoms with Crippen LogP contribution in [0.2, 0.25) is 0 Å². The maximum absolute atomic E-state index is 13.1. The van der Waals surface area contributed by atoms with Crippen molar-refractivity contribution in [1.82, 2.24) is 4.98 Å². The smallest absolute Gasteiger partial charge is 0.294 e. The third-order valence-electron chi connectivity index (χ3n) is 5.14. The zero-order chi connectivity index (χ0) is 21.2. The van der Waals surface area contributed by atoms with Gasteiger partial charge in [0.1, 0.15) is 6.04 Å². The summed E-state index contributed by atoms with van der Waals surface area (Å²) in [5.74, 6) is -1.33. The van der Waals surface area contributed by atoms with Gasteiger partial charge in [0.25, 0.3) is 5.91 Å². The molecule has 29 heavy (non-hydrogen) atoms. The van der Waals surface area contributed by atoms with Gasteiger partial charge >= 0.3 is 0 Å². The van der Waals surface area contributed by atoms with Crippen LogP contribution in [0.1, 0.15) is 57.8 Å². The summed E-state index contributed by atoms with van der Waals surface area (Å²) in [5.41, 5.74) is 1.74. The number of Topliss-reactive ketones (excluding diaryl/α,β-unsaturated/α-hetero) is 1. The molecule has 2 aromatic rings. The van der Waals surface area contributed by atoms with Crippen LogP contribution in [0.3, 0.4) is 0 Å². The van der Waals surface area contributed by atoms with Crippen LogP contribution in [0.5, 0.6) is 0 Å². The number of ketones is 1. The number of rotatable bonds is 6. The first-order chi connectivity index (χ1) is 13.8. The van der Waals surface area contributed by atoms with Crippen LogP contribution < -0.4 is 4.90 Å². The molecule has 1 atom stereocenters. The summed E-state index contributed by atoms with van der Waals surface area (Å²) in [4.78, 5) is 32.0. The Morgan fingerprint density at radius 2 is 1.83 bits per heavy atom. The number of amides is 1. The lowest BCUT2D eigenvalue weighted by Crippen LogP contribution is -2.33. The first-order valence-corrected chi connectivity index (χ1v) is 10.1. The number of benzene rings is 1. The van der Waals surface area contributed by atoms with Gasteiger partial charge in [0.15, 0.2) is 11.5 Å². The van der Waals surface area contributed by atoms with E-state index in [2.05, 4.69) is 11.9 Å². The number of pyridine rings is 1. The highest BCUT2D eigenvalue weighted by molar-refractivity contribution is 6.17. The molecule has 152 valence electrons. The van der Waals surface area contributed by atoms with Crippen molar-refractivity contribution in [2.24, 2.45) is 5.41 Å². The zero-order valence-electron chi connectivity index (χ0n) is 17.5. The molecule has 1 unspecified atom stereocenters. The fourth-order valence-electron chi connectivity index (χ4n) is 3.53. The number of unbranched alkanes of at least 4 members (excludes halogenated alkanes) is 1. The van der Waals surface area contributed by atoms with Crippen molar-refractivity contribution in [3.05, 3.63) is 71.3 Å². The van der Waals surface area contributed by atoms with E-state index in [1.54, 1.807) is 39.1 Å². The van der Waals surface area contributed by atoms with Crippen LogP contribution in [0, 0.1) is 5.41 Å². The molecule has 1 N–H and O–H groups in total. The summed E-state index contributed by atoms with van der Waals surface area (Å²) in [7, 11) is 0. The average molecular weight is 392 g/mol. The van der Waals surface area contributed by atoms with Crippen molar-refractivity contribution in [1.29, 1.82) is 0 Å². The summed E-state index contributed by atoms with van der Waals surface area (Å²) >= 11 is 0. The van der Waals surface area contributed by atoms with Crippen LogP contribution in [-0.4, -0.2) is 21.8 Å². The number of nitrogens with zero attached hydrogens (tertiary/aromatic N) is 2. The van der Waals surface area contributed by atoms with Gasteiger partial charge in [-0.3, -0.25) is 19.5 Å². The van der Waals surface area contributed by atoms with E-state index in [0.717, 1.165) is 19.3 Å². The van der Waals surface area contributed by atoms with Gasteiger partial charge in [0.2, 0.25) is 0 Å². The van der Waals surface area contributed by atoms with Crippen LogP contribution in [-0.2, 0) is 16.0 Å². The molecule has 1 aliphatic rings. The summed E-state index contributed by atoms with van der Waals surface area (Å²) in [6.45, 7) is 7.49. The Morgan fingerprint density at radius 3 is 2.38 bits per heavy atom. The summed E-state index contributed by atoms with van der Waals surface area (Å²) in [5, 5.41) is 10.7. The Labute approximate surface area is 172 Å². The Morgan fingerprint density at radius 1 is 1.14 bits per heavy atom. The number of anilines is 1. The predicted octanol–water partition coefficient (Wildman–Crippen LogP) is 4.94. The second-order valence-corrected chi connectivity index (χ2v) is 8.44. The van der Waals surface area contributed by atoms with Crippen LogP contribution in [0.15, 0.2) is 60.0 Å². The van der Waals surface area contributed by atoms with E-state index >= 15 is 0 Å². The van der Waals surface area contributed by atoms with Crippen LogP contribution in [0.25, 0.3) is 0 Å². The predicted molar refractivity (Wildman–Crippen MR) is 114 cm³/mol. The lowest BCUT2D eigenvalue weighted by atomic mass is 9.83. The number of aliphatic hydroxyl groups is 1. The normalized spacial score (nSPS) is 17.2. The SMILES string of the molecule is CCCCc1ccc(N2C(=O)C(O)=C(C(=O)C(C)(C)C)C2c2ccccn2)cc1. The van der Waals surface area contributed by atoms with Gasteiger partial charge in [0.05, 0.1) is 11.3 Å². The van der Waals surface area contributed by atoms with Crippen molar-refractivity contribution in [3.63, 3.8) is 0 Å². The molecule has 3 rings (SSSR count). The topological polar surface area (TPSA) is 70.5 Å². The molecule has 5 heteroatoms. The molecule has 0 spiro atoms. The number of aromatic nitrogens is 1. The molecule has 0 saturated heterocycles. The van der Waals surface area contributed by atoms with E-state index in [1.807, 2.05) is 30.3 Å². The van der Waals surface area contributed by atoms with Gasteiger partial charge in [-0.05, 0) is 42.7 Å². The van der Waals surface area contributed by atoms with Gasteiger partial charge in [-0.25, -0.2) is 0 Å². The molecule has 2 heterocycles. The number of carbonyl (C=O) groups excluding carboxylic acids is 2. The molecule has 0 aliphatic carbocycles. The molecule has 0 bridgehead atoms. The fourth-order valence-corrected chi connectivity index (χ4v) is 3.53. The van der Waals surface area contributed by atoms with E-state index in [-0.39, 0.29) is 11.4 Å². The van der Waals surface area contributed by atoms with Gasteiger partial charge in [0, 0.05) is 17.3 Å². The molecule has 1 amide bonds. The van der Waals surface area contributed by atoms with Gasteiger partial charge in [-0.1, -0.05) is 52.3 Å². The Balaban J connectivity index is 2.07. The van der Waals surface area contributed by atoms with Crippen molar-refractivity contribution in [2.75, 3.05) is 4.90 Å². The number of carbonyl (C=O) groups is 2. The van der Waals surface area contributed by atoms with E-state index in [1.165, 1.54) is 10.5 Å². The van der Waals surface area contributed by atoms with E-state index in [9.17, 15) is 14.7 Å². The molecule has 1 aromatic carbocycles. The minimum atomic E-state index is -0.753. The Bertz CT molecular complexity index is 925. The summed E-state index contributed by atoms with van der Waals surface area (Å²) in [6, 6.07) is 12.3. The number of aryl methyl sites for hydroxylation is 1. The van der Waals surface area contributed by atoms with Crippen molar-refractivity contribution < 1.29 is 14.7 Å². The first-order valence-electron chi connectivity index (χ1n) is 10.1. The van der Waals surface area contributed by atoms with Crippen molar-refractivity contribution in [3.8, 4) is 0 Å². The fraction of sp³-hybridized carbons (Fsp3) is 0.375. The van der Waals surface area contributed by atoms with Crippen molar-refractivity contribution >= 4 is 17.4 Å². The average Bonchev–Trinajstić information content (AvgIpc) is 2.97. The Hall–Kier alpha value is -2.95. The highest BCUT2D eigenvalue weighted by Gasteiger charge is 2.47. The number of aliphatic hydroxyl groups excluding tert-OH is 1. The Kier molecular flexibility index (Phi) is 5.87. The third kappa shape index (κ3) is 4.09. The second kappa shape index (κ2) is 8.19. The minimum absolute atomic E-state index is 0.108. The molecule has 1 aromatic heterocycles. The molecular weight excluding hydrogens is 364 g/mol. The maximum Gasteiger partial charge on any atom is 0.294 e. The van der Waals surface area contributed by atoms with E-state index in [4.69, 9.17) is 0 Å². The maximum atomic E-state index is 13.1.